The molecule has 0 saturated carbocycles. The van der Waals surface area contributed by atoms with Crippen molar-refractivity contribution in [1.82, 2.24) is 0 Å². The van der Waals surface area contributed by atoms with Crippen LogP contribution in [0.25, 0.3) is 0 Å². The van der Waals surface area contributed by atoms with Gasteiger partial charge in [0.25, 0.3) is 0 Å². The molecule has 2 atom stereocenters. The van der Waals surface area contributed by atoms with E-state index in [4.69, 9.17) is 9.47 Å². The molecule has 164 valence electrons. The third-order valence-electron chi connectivity index (χ3n) is 5.07. The van der Waals surface area contributed by atoms with Gasteiger partial charge in [0.1, 0.15) is 10.9 Å². The van der Waals surface area contributed by atoms with Crippen LogP contribution in [0.3, 0.4) is 0 Å². The Hall–Kier alpha value is 0.270. The van der Waals surface area contributed by atoms with E-state index in [9.17, 15) is 0 Å². The SMILES string of the molecule is CCCCCCCCCOC(CC)SC(CC)OCCCCCCCCC. The molecule has 0 N–H and O–H groups in total. The lowest BCUT2D eigenvalue weighted by Gasteiger charge is -2.22. The molecule has 2 nitrogen and oxygen atoms in total. The zero-order valence-electron chi connectivity index (χ0n) is 19.1. The van der Waals surface area contributed by atoms with Crippen molar-refractivity contribution in [3.8, 4) is 0 Å². The second-order valence-electron chi connectivity index (χ2n) is 7.80. The van der Waals surface area contributed by atoms with Crippen LogP contribution in [0, 0.1) is 0 Å². The smallest absolute Gasteiger partial charge is 0.105 e. The fourth-order valence-corrected chi connectivity index (χ4v) is 4.30. The van der Waals surface area contributed by atoms with Gasteiger partial charge in [0.2, 0.25) is 0 Å². The Bertz CT molecular complexity index is 247. The van der Waals surface area contributed by atoms with E-state index in [1.54, 1.807) is 0 Å². The molecule has 0 aromatic carbocycles. The summed E-state index contributed by atoms with van der Waals surface area (Å²) in [4.78, 5) is 0. The summed E-state index contributed by atoms with van der Waals surface area (Å²) < 4.78 is 12.2. The molecule has 0 radical (unpaired) electrons. The van der Waals surface area contributed by atoms with Crippen molar-refractivity contribution in [3.05, 3.63) is 0 Å². The van der Waals surface area contributed by atoms with Crippen molar-refractivity contribution >= 4 is 11.8 Å². The van der Waals surface area contributed by atoms with Gasteiger partial charge in [-0.1, -0.05) is 117 Å². The standard InChI is InChI=1S/C24H50O2S/c1-5-9-11-13-15-17-19-21-25-23(7-3)27-24(8-4)26-22-20-18-16-14-12-10-6-2/h23-24H,5-22H2,1-4H3. The van der Waals surface area contributed by atoms with Gasteiger partial charge in [-0.25, -0.2) is 0 Å². The fraction of sp³-hybridized carbons (Fsp3) is 1.00. The number of thioether (sulfide) groups is 1. The summed E-state index contributed by atoms with van der Waals surface area (Å²) in [5, 5.41) is 0. The molecule has 27 heavy (non-hydrogen) atoms. The van der Waals surface area contributed by atoms with Gasteiger partial charge >= 0.3 is 0 Å². The maximum absolute atomic E-state index is 6.12. The summed E-state index contributed by atoms with van der Waals surface area (Å²) in [7, 11) is 0. The second kappa shape index (κ2) is 22.6. The number of ether oxygens (including phenoxy) is 2. The number of unbranched alkanes of at least 4 members (excludes halogenated alkanes) is 12. The fourth-order valence-electron chi connectivity index (χ4n) is 3.22. The minimum Gasteiger partial charge on any atom is -0.368 e. The van der Waals surface area contributed by atoms with Crippen LogP contribution < -0.4 is 0 Å². The lowest BCUT2D eigenvalue weighted by atomic mass is 10.1. The van der Waals surface area contributed by atoms with Gasteiger partial charge in [0.05, 0.1) is 0 Å². The van der Waals surface area contributed by atoms with Crippen LogP contribution in [0.15, 0.2) is 0 Å². The van der Waals surface area contributed by atoms with Crippen LogP contribution in [0.1, 0.15) is 130 Å². The molecule has 0 fully saturated rings. The largest absolute Gasteiger partial charge is 0.368 e. The molecule has 0 aromatic rings. The number of hydrogen-bond acceptors (Lipinski definition) is 3. The monoisotopic (exact) mass is 402 g/mol. The first kappa shape index (κ1) is 27.3. The van der Waals surface area contributed by atoms with E-state index < -0.39 is 0 Å². The highest BCUT2D eigenvalue weighted by Gasteiger charge is 2.15. The van der Waals surface area contributed by atoms with Crippen molar-refractivity contribution in [2.24, 2.45) is 0 Å². The van der Waals surface area contributed by atoms with Crippen molar-refractivity contribution in [1.29, 1.82) is 0 Å². The summed E-state index contributed by atoms with van der Waals surface area (Å²) >= 11 is 1.90. The lowest BCUT2D eigenvalue weighted by molar-refractivity contribution is 0.0862. The van der Waals surface area contributed by atoms with Crippen LogP contribution in [0.5, 0.6) is 0 Å². The maximum atomic E-state index is 6.12. The molecule has 0 aromatic heterocycles. The zero-order chi connectivity index (χ0) is 20.0. The van der Waals surface area contributed by atoms with Crippen molar-refractivity contribution in [3.63, 3.8) is 0 Å². The highest BCUT2D eigenvalue weighted by molar-refractivity contribution is 8.00. The van der Waals surface area contributed by atoms with Crippen molar-refractivity contribution in [2.75, 3.05) is 13.2 Å². The molecule has 3 heteroatoms. The average molecular weight is 403 g/mol. The predicted molar refractivity (Wildman–Crippen MR) is 124 cm³/mol. The van der Waals surface area contributed by atoms with Gasteiger partial charge in [-0.3, -0.25) is 0 Å². The molecule has 0 saturated heterocycles. The van der Waals surface area contributed by atoms with Crippen molar-refractivity contribution in [2.45, 2.75) is 141 Å². The number of hydrogen-bond donors (Lipinski definition) is 0. The Kier molecular flexibility index (Phi) is 22.8. The second-order valence-corrected chi connectivity index (χ2v) is 9.12. The summed E-state index contributed by atoms with van der Waals surface area (Å²) in [6, 6.07) is 0. The van der Waals surface area contributed by atoms with Crippen LogP contribution in [0.2, 0.25) is 0 Å². The molecule has 0 aliphatic rings. The quantitative estimate of drug-likeness (QED) is 0.133. The molecule has 0 aliphatic heterocycles. The molecule has 0 bridgehead atoms. The Morgan fingerprint density at radius 2 is 0.815 bits per heavy atom. The van der Waals surface area contributed by atoms with E-state index in [1.165, 1.54) is 89.9 Å². The highest BCUT2D eigenvalue weighted by atomic mass is 32.2. The minimum atomic E-state index is 0.295. The molecule has 2 unspecified atom stereocenters. The maximum Gasteiger partial charge on any atom is 0.105 e. The molecule has 0 rings (SSSR count). The van der Waals surface area contributed by atoms with Gasteiger partial charge in [-0.2, -0.15) is 0 Å². The first-order chi connectivity index (χ1) is 13.3. The van der Waals surface area contributed by atoms with Crippen LogP contribution in [-0.4, -0.2) is 24.1 Å². The van der Waals surface area contributed by atoms with Crippen LogP contribution in [-0.2, 0) is 9.47 Å². The minimum absolute atomic E-state index is 0.295. The molecular formula is C24H50O2S. The Morgan fingerprint density at radius 3 is 1.15 bits per heavy atom. The normalized spacial score (nSPS) is 13.8. The highest BCUT2D eigenvalue weighted by Crippen LogP contribution is 2.25. The van der Waals surface area contributed by atoms with E-state index in [0.29, 0.717) is 10.9 Å². The van der Waals surface area contributed by atoms with E-state index in [-0.39, 0.29) is 0 Å². The summed E-state index contributed by atoms with van der Waals surface area (Å²) in [6.07, 6.45) is 21.0. The van der Waals surface area contributed by atoms with Crippen LogP contribution in [0.4, 0.5) is 0 Å². The summed E-state index contributed by atoms with van der Waals surface area (Å²) in [5.41, 5.74) is 0.591. The molecule has 0 amide bonds. The Morgan fingerprint density at radius 1 is 0.481 bits per heavy atom. The lowest BCUT2D eigenvalue weighted by Crippen LogP contribution is -2.17. The third-order valence-corrected chi connectivity index (χ3v) is 6.62. The van der Waals surface area contributed by atoms with Gasteiger partial charge < -0.3 is 9.47 Å². The van der Waals surface area contributed by atoms with E-state index in [2.05, 4.69) is 27.7 Å². The van der Waals surface area contributed by atoms with E-state index in [0.717, 1.165) is 26.1 Å². The molecule has 0 heterocycles. The number of rotatable bonds is 22. The van der Waals surface area contributed by atoms with E-state index in [1.807, 2.05) is 11.8 Å². The average Bonchev–Trinajstić information content (AvgIpc) is 2.69. The molecule has 0 spiro atoms. The summed E-state index contributed by atoms with van der Waals surface area (Å²) in [6.45, 7) is 10.8. The van der Waals surface area contributed by atoms with Gasteiger partial charge in [-0.05, 0) is 25.7 Å². The summed E-state index contributed by atoms with van der Waals surface area (Å²) in [5.74, 6) is 0. The first-order valence-corrected chi connectivity index (χ1v) is 13.1. The Balaban J connectivity index is 3.64. The Labute approximate surface area is 175 Å². The topological polar surface area (TPSA) is 18.5 Å². The van der Waals surface area contributed by atoms with Gasteiger partial charge in [0, 0.05) is 13.2 Å². The van der Waals surface area contributed by atoms with Gasteiger partial charge in [-0.15, -0.1) is 0 Å². The first-order valence-electron chi connectivity index (χ1n) is 12.2. The van der Waals surface area contributed by atoms with Gasteiger partial charge in [0.15, 0.2) is 0 Å². The predicted octanol–water partition coefficient (Wildman–Crippen LogP) is 8.73. The van der Waals surface area contributed by atoms with Crippen molar-refractivity contribution < 1.29 is 9.47 Å². The molecular weight excluding hydrogens is 352 g/mol. The zero-order valence-corrected chi connectivity index (χ0v) is 19.9. The van der Waals surface area contributed by atoms with Crippen LogP contribution >= 0.6 is 11.8 Å². The van der Waals surface area contributed by atoms with E-state index >= 15 is 0 Å². The molecule has 0 aliphatic carbocycles. The third kappa shape index (κ3) is 19.4.